The largest absolute Gasteiger partial charge is 0.398 e. The normalized spacial score (nSPS) is 11.7. The zero-order chi connectivity index (χ0) is 17.3. The van der Waals surface area contributed by atoms with Crippen molar-refractivity contribution >= 4 is 11.5 Å². The SMILES string of the molecule is CC.Cc1ccc(/C(N)=N/N(N)CCCC(F)(F)F)cc1N. The Balaban J connectivity index is 0.00000211. The van der Waals surface area contributed by atoms with Crippen LogP contribution in [0.4, 0.5) is 18.9 Å². The van der Waals surface area contributed by atoms with Crippen LogP contribution >= 0.6 is 0 Å². The maximum Gasteiger partial charge on any atom is 0.389 e. The molecule has 0 fully saturated rings. The third-order valence-corrected chi connectivity index (χ3v) is 2.66. The van der Waals surface area contributed by atoms with Crippen molar-refractivity contribution < 1.29 is 13.2 Å². The van der Waals surface area contributed by atoms with Crippen molar-refractivity contribution in [2.75, 3.05) is 12.3 Å². The monoisotopic (exact) mass is 319 g/mol. The summed E-state index contributed by atoms with van der Waals surface area (Å²) in [6, 6.07) is 5.13. The molecule has 1 aromatic carbocycles. The summed E-state index contributed by atoms with van der Waals surface area (Å²) in [6.45, 7) is 5.81. The fraction of sp³-hybridized carbons (Fsp3) is 0.500. The summed E-state index contributed by atoms with van der Waals surface area (Å²) >= 11 is 0. The van der Waals surface area contributed by atoms with E-state index >= 15 is 0 Å². The van der Waals surface area contributed by atoms with Gasteiger partial charge in [-0.2, -0.15) is 13.2 Å². The number of amidine groups is 1. The second kappa shape index (κ2) is 9.14. The second-order valence-electron chi connectivity index (χ2n) is 4.44. The molecule has 0 bridgehead atoms. The summed E-state index contributed by atoms with van der Waals surface area (Å²) in [5, 5.41) is 4.72. The summed E-state index contributed by atoms with van der Waals surface area (Å²) in [5.74, 6) is 5.58. The number of hydrogen-bond donors (Lipinski definition) is 3. The van der Waals surface area contributed by atoms with Gasteiger partial charge in [0.1, 0.15) is 0 Å². The van der Waals surface area contributed by atoms with Crippen molar-refractivity contribution in [1.82, 2.24) is 5.12 Å². The zero-order valence-electron chi connectivity index (χ0n) is 13.1. The van der Waals surface area contributed by atoms with E-state index in [1.807, 2.05) is 20.8 Å². The van der Waals surface area contributed by atoms with Crippen LogP contribution in [0.2, 0.25) is 0 Å². The number of hydrogen-bond acceptors (Lipinski definition) is 4. The summed E-state index contributed by atoms with van der Waals surface area (Å²) in [7, 11) is 0. The first-order chi connectivity index (χ1) is 10.2. The van der Waals surface area contributed by atoms with Crippen LogP contribution < -0.4 is 17.3 Å². The number of benzene rings is 1. The van der Waals surface area contributed by atoms with Crippen molar-refractivity contribution in [2.24, 2.45) is 16.7 Å². The van der Waals surface area contributed by atoms with Gasteiger partial charge in [0.25, 0.3) is 0 Å². The maximum absolute atomic E-state index is 12.0. The summed E-state index contributed by atoms with van der Waals surface area (Å²) in [5.41, 5.74) is 13.5. The van der Waals surface area contributed by atoms with Gasteiger partial charge < -0.3 is 11.5 Å². The number of rotatable bonds is 5. The number of nitrogens with zero attached hydrogens (tertiary/aromatic N) is 2. The molecule has 126 valence electrons. The number of alkyl halides is 3. The van der Waals surface area contributed by atoms with Crippen LogP contribution in [-0.4, -0.2) is 23.7 Å². The van der Waals surface area contributed by atoms with Crippen LogP contribution in [0.25, 0.3) is 0 Å². The minimum Gasteiger partial charge on any atom is -0.398 e. The van der Waals surface area contributed by atoms with E-state index in [0.29, 0.717) is 11.3 Å². The molecule has 0 heterocycles. The fourth-order valence-electron chi connectivity index (χ4n) is 1.49. The highest BCUT2D eigenvalue weighted by atomic mass is 19.4. The number of aryl methyl sites for hydroxylation is 1. The molecule has 0 spiro atoms. The Labute approximate surface area is 128 Å². The van der Waals surface area contributed by atoms with Crippen LogP contribution in [0.3, 0.4) is 0 Å². The summed E-state index contributed by atoms with van der Waals surface area (Å²) < 4.78 is 35.9. The molecule has 1 rings (SSSR count). The minimum atomic E-state index is -4.19. The van der Waals surface area contributed by atoms with E-state index in [9.17, 15) is 13.2 Å². The number of hydrazone groups is 1. The highest BCUT2D eigenvalue weighted by Crippen LogP contribution is 2.21. The zero-order valence-corrected chi connectivity index (χ0v) is 13.1. The third kappa shape index (κ3) is 7.72. The van der Waals surface area contributed by atoms with E-state index in [1.54, 1.807) is 18.2 Å². The molecule has 0 atom stereocenters. The maximum atomic E-state index is 12.0. The number of anilines is 1. The van der Waals surface area contributed by atoms with Crippen LogP contribution in [0.5, 0.6) is 0 Å². The lowest BCUT2D eigenvalue weighted by atomic mass is 10.1. The summed E-state index contributed by atoms with van der Waals surface area (Å²) in [4.78, 5) is 0. The van der Waals surface area contributed by atoms with E-state index in [2.05, 4.69) is 5.10 Å². The van der Waals surface area contributed by atoms with Crippen LogP contribution in [0, 0.1) is 6.92 Å². The van der Waals surface area contributed by atoms with Crippen molar-refractivity contribution in [3.05, 3.63) is 29.3 Å². The lowest BCUT2D eigenvalue weighted by molar-refractivity contribution is -0.136. The Bertz CT molecular complexity index is 486. The lowest BCUT2D eigenvalue weighted by Gasteiger charge is -2.14. The van der Waals surface area contributed by atoms with Crippen LogP contribution in [0.1, 0.15) is 37.8 Å². The van der Waals surface area contributed by atoms with Crippen molar-refractivity contribution in [3.63, 3.8) is 0 Å². The number of hydrazine groups is 1. The Morgan fingerprint density at radius 2 is 1.86 bits per heavy atom. The van der Waals surface area contributed by atoms with E-state index in [1.165, 1.54) is 0 Å². The molecule has 0 aromatic heterocycles. The lowest BCUT2D eigenvalue weighted by Crippen LogP contribution is -2.31. The third-order valence-electron chi connectivity index (χ3n) is 2.66. The highest BCUT2D eigenvalue weighted by Gasteiger charge is 2.26. The molecule has 6 N–H and O–H groups in total. The van der Waals surface area contributed by atoms with Gasteiger partial charge in [0.2, 0.25) is 0 Å². The number of halogens is 3. The van der Waals surface area contributed by atoms with Crippen LogP contribution in [-0.2, 0) is 0 Å². The van der Waals surface area contributed by atoms with E-state index < -0.39 is 12.6 Å². The van der Waals surface area contributed by atoms with Crippen molar-refractivity contribution in [1.29, 1.82) is 0 Å². The van der Waals surface area contributed by atoms with Gasteiger partial charge in [0.05, 0.1) is 6.54 Å². The second-order valence-corrected chi connectivity index (χ2v) is 4.44. The molecule has 0 aliphatic heterocycles. The van der Waals surface area contributed by atoms with Gasteiger partial charge in [-0.15, -0.1) is 5.10 Å². The van der Waals surface area contributed by atoms with Gasteiger partial charge >= 0.3 is 6.18 Å². The van der Waals surface area contributed by atoms with Gasteiger partial charge in [-0.3, -0.25) is 0 Å². The molecule has 0 radical (unpaired) electrons. The van der Waals surface area contributed by atoms with Gasteiger partial charge in [0.15, 0.2) is 5.84 Å². The predicted molar refractivity (Wildman–Crippen MR) is 83.8 cm³/mol. The standard InChI is InChI=1S/C12H18F3N5.C2H6/c1-8-3-4-9(7-10(8)16)11(17)19-20(18)6-2-5-12(13,14)15;1-2/h3-4,7H,2,5-6,16,18H2,1H3,(H2,17,19);1-2H3. The molecular weight excluding hydrogens is 295 g/mol. The minimum absolute atomic E-state index is 0.0401. The Morgan fingerprint density at radius 3 is 2.36 bits per heavy atom. The quantitative estimate of drug-likeness (QED) is 0.256. The van der Waals surface area contributed by atoms with E-state index in [0.717, 1.165) is 10.7 Å². The Morgan fingerprint density at radius 1 is 1.27 bits per heavy atom. The molecule has 0 saturated carbocycles. The molecule has 0 saturated heterocycles. The van der Waals surface area contributed by atoms with Crippen molar-refractivity contribution in [3.8, 4) is 0 Å². The number of nitrogen functional groups attached to an aromatic ring is 1. The molecular formula is C14H24F3N5. The average Bonchev–Trinajstić information content (AvgIpc) is 2.42. The highest BCUT2D eigenvalue weighted by molar-refractivity contribution is 5.98. The number of nitrogens with two attached hydrogens (primary N) is 3. The average molecular weight is 319 g/mol. The predicted octanol–water partition coefficient (Wildman–Crippen LogP) is 2.74. The van der Waals surface area contributed by atoms with Gasteiger partial charge in [-0.05, 0) is 25.0 Å². The molecule has 0 amide bonds. The van der Waals surface area contributed by atoms with E-state index in [4.69, 9.17) is 17.3 Å². The topological polar surface area (TPSA) is 93.7 Å². The van der Waals surface area contributed by atoms with Gasteiger partial charge in [-0.25, -0.2) is 11.0 Å². The summed E-state index contributed by atoms with van der Waals surface area (Å²) in [6.07, 6.45) is -5.25. The van der Waals surface area contributed by atoms with Gasteiger partial charge in [-0.1, -0.05) is 26.0 Å². The first kappa shape index (κ1) is 20.0. The molecule has 0 unspecified atom stereocenters. The smallest absolute Gasteiger partial charge is 0.389 e. The fourth-order valence-corrected chi connectivity index (χ4v) is 1.49. The first-order valence-electron chi connectivity index (χ1n) is 6.98. The molecule has 5 nitrogen and oxygen atoms in total. The molecule has 1 aromatic rings. The molecule has 22 heavy (non-hydrogen) atoms. The first-order valence-corrected chi connectivity index (χ1v) is 6.98. The van der Waals surface area contributed by atoms with Gasteiger partial charge in [0, 0.05) is 17.7 Å². The van der Waals surface area contributed by atoms with E-state index in [-0.39, 0.29) is 18.8 Å². The van der Waals surface area contributed by atoms with Crippen LogP contribution in [0.15, 0.2) is 23.3 Å². The Kier molecular flexibility index (Phi) is 8.32. The molecule has 0 aliphatic carbocycles. The molecule has 0 aliphatic rings. The molecule has 8 heteroatoms. The van der Waals surface area contributed by atoms with Crippen molar-refractivity contribution in [2.45, 2.75) is 39.8 Å². The Hall–Kier alpha value is -1.96.